The summed E-state index contributed by atoms with van der Waals surface area (Å²) in [6.07, 6.45) is 5.75. The maximum absolute atomic E-state index is 11.4. The Bertz CT molecular complexity index is 231. The van der Waals surface area contributed by atoms with E-state index in [-0.39, 0.29) is 18.9 Å². The largest absolute Gasteiger partial charge is 0.396 e. The summed E-state index contributed by atoms with van der Waals surface area (Å²) in [6.45, 7) is 3.67. The van der Waals surface area contributed by atoms with Gasteiger partial charge in [0.1, 0.15) is 0 Å². The molecule has 0 aromatic rings. The molecule has 14 heavy (non-hydrogen) atoms. The van der Waals surface area contributed by atoms with Crippen molar-refractivity contribution in [1.29, 1.82) is 0 Å². The number of carbonyl (C=O) groups is 1. The lowest BCUT2D eigenvalue weighted by atomic mass is 10.0. The fraction of sp³-hybridized carbons (Fsp3) is 0.700. The van der Waals surface area contributed by atoms with E-state index < -0.39 is 11.6 Å². The lowest BCUT2D eigenvalue weighted by Crippen LogP contribution is -2.50. The van der Waals surface area contributed by atoms with Gasteiger partial charge in [0.25, 0.3) is 0 Å². The van der Waals surface area contributed by atoms with Gasteiger partial charge in [-0.05, 0) is 20.3 Å². The van der Waals surface area contributed by atoms with E-state index in [0.29, 0.717) is 6.42 Å². The highest BCUT2D eigenvalue weighted by atomic mass is 16.3. The Kier molecular flexibility index (Phi) is 5.21. The van der Waals surface area contributed by atoms with Gasteiger partial charge in [0, 0.05) is 18.6 Å². The number of hydrogen-bond donors (Lipinski definition) is 3. The van der Waals surface area contributed by atoms with Crippen LogP contribution in [0.4, 0.5) is 0 Å². The average Bonchev–Trinajstić information content (AvgIpc) is 2.03. The fourth-order valence-electron chi connectivity index (χ4n) is 0.988. The number of amides is 1. The molecule has 80 valence electrons. The average molecular weight is 198 g/mol. The molecular formula is C10H18N2O2. The van der Waals surface area contributed by atoms with Gasteiger partial charge >= 0.3 is 0 Å². The van der Waals surface area contributed by atoms with Crippen molar-refractivity contribution in [2.24, 2.45) is 5.73 Å². The van der Waals surface area contributed by atoms with Gasteiger partial charge in [0.2, 0.25) is 5.91 Å². The molecule has 0 aromatic carbocycles. The number of aliphatic hydroxyl groups is 1. The molecule has 0 aliphatic rings. The van der Waals surface area contributed by atoms with Crippen LogP contribution in [0, 0.1) is 12.3 Å². The van der Waals surface area contributed by atoms with Crippen molar-refractivity contribution in [3.05, 3.63) is 0 Å². The minimum atomic E-state index is -0.669. The molecule has 0 spiro atoms. The van der Waals surface area contributed by atoms with Crippen molar-refractivity contribution >= 4 is 5.91 Å². The van der Waals surface area contributed by atoms with Gasteiger partial charge in [0.05, 0.1) is 6.04 Å². The quantitative estimate of drug-likeness (QED) is 0.527. The maximum Gasteiger partial charge on any atom is 0.238 e. The van der Waals surface area contributed by atoms with Crippen molar-refractivity contribution in [3.8, 4) is 12.3 Å². The summed E-state index contributed by atoms with van der Waals surface area (Å²) in [5, 5.41) is 11.5. The topological polar surface area (TPSA) is 75.4 Å². The zero-order chi connectivity index (χ0) is 11.2. The molecule has 0 fully saturated rings. The third-order valence-corrected chi connectivity index (χ3v) is 1.87. The second kappa shape index (κ2) is 5.63. The Balaban J connectivity index is 4.11. The normalized spacial score (nSPS) is 13.1. The van der Waals surface area contributed by atoms with Crippen LogP contribution >= 0.6 is 0 Å². The summed E-state index contributed by atoms with van der Waals surface area (Å²) in [5.74, 6) is 2.05. The van der Waals surface area contributed by atoms with E-state index >= 15 is 0 Å². The fourth-order valence-corrected chi connectivity index (χ4v) is 0.988. The Morgan fingerprint density at radius 2 is 2.29 bits per heavy atom. The van der Waals surface area contributed by atoms with Crippen molar-refractivity contribution in [2.45, 2.75) is 38.3 Å². The Labute approximate surface area is 84.9 Å². The lowest BCUT2D eigenvalue weighted by molar-refractivity contribution is -0.124. The first-order valence-corrected chi connectivity index (χ1v) is 4.55. The molecule has 0 radical (unpaired) electrons. The summed E-state index contributed by atoms with van der Waals surface area (Å²) in [7, 11) is 0. The molecule has 4 N–H and O–H groups in total. The monoisotopic (exact) mass is 198 g/mol. The summed E-state index contributed by atoms with van der Waals surface area (Å²) in [6, 6.07) is -0.669. The zero-order valence-corrected chi connectivity index (χ0v) is 8.71. The molecule has 0 aromatic heterocycles. The minimum absolute atomic E-state index is 0.0255. The number of rotatable bonds is 5. The smallest absolute Gasteiger partial charge is 0.238 e. The molecule has 0 saturated carbocycles. The first-order chi connectivity index (χ1) is 6.43. The molecule has 0 saturated heterocycles. The van der Waals surface area contributed by atoms with Crippen molar-refractivity contribution < 1.29 is 9.90 Å². The van der Waals surface area contributed by atoms with Crippen molar-refractivity contribution in [2.75, 3.05) is 6.61 Å². The standard InChI is InChI=1S/C10H18N2O2/c1-4-5-8(11)9(14)12-10(2,3)6-7-13/h1,8,13H,5-7,11H2,2-3H3,(H,12,14). The van der Waals surface area contributed by atoms with Gasteiger partial charge in [-0.2, -0.15) is 0 Å². The number of nitrogens with two attached hydrogens (primary N) is 1. The minimum Gasteiger partial charge on any atom is -0.396 e. The van der Waals surface area contributed by atoms with E-state index in [0.717, 1.165) is 0 Å². The van der Waals surface area contributed by atoms with Gasteiger partial charge in [0.15, 0.2) is 0 Å². The molecule has 0 rings (SSSR count). The summed E-state index contributed by atoms with van der Waals surface area (Å²) in [5.41, 5.74) is 5.07. The molecule has 1 amide bonds. The van der Waals surface area contributed by atoms with Gasteiger partial charge in [-0.25, -0.2) is 0 Å². The van der Waals surface area contributed by atoms with Crippen molar-refractivity contribution in [1.82, 2.24) is 5.32 Å². The van der Waals surface area contributed by atoms with Crippen LogP contribution in [0.3, 0.4) is 0 Å². The van der Waals surface area contributed by atoms with Crippen LogP contribution in [0.15, 0.2) is 0 Å². The third kappa shape index (κ3) is 4.85. The first-order valence-electron chi connectivity index (χ1n) is 4.55. The van der Waals surface area contributed by atoms with E-state index in [4.69, 9.17) is 17.3 Å². The van der Waals surface area contributed by atoms with Gasteiger partial charge in [-0.1, -0.05) is 0 Å². The SMILES string of the molecule is C#CCC(N)C(=O)NC(C)(C)CCO. The number of hydrogen-bond acceptors (Lipinski definition) is 3. The Hall–Kier alpha value is -1.05. The van der Waals surface area contributed by atoms with E-state index in [1.807, 2.05) is 13.8 Å². The van der Waals surface area contributed by atoms with E-state index in [1.165, 1.54) is 0 Å². The highest BCUT2D eigenvalue weighted by Gasteiger charge is 2.22. The molecule has 4 heteroatoms. The third-order valence-electron chi connectivity index (χ3n) is 1.87. The van der Waals surface area contributed by atoms with Crippen LogP contribution in [0.1, 0.15) is 26.7 Å². The van der Waals surface area contributed by atoms with Crippen molar-refractivity contribution in [3.63, 3.8) is 0 Å². The predicted octanol–water partition coefficient (Wildman–Crippen LogP) is -0.386. The second-order valence-electron chi connectivity index (χ2n) is 3.86. The van der Waals surface area contributed by atoms with E-state index in [2.05, 4.69) is 11.2 Å². The molecule has 0 heterocycles. The second-order valence-corrected chi connectivity index (χ2v) is 3.86. The molecule has 1 unspecified atom stereocenters. The molecule has 0 bridgehead atoms. The Morgan fingerprint density at radius 1 is 1.71 bits per heavy atom. The number of aliphatic hydroxyl groups excluding tert-OH is 1. The molecule has 1 atom stereocenters. The number of nitrogens with one attached hydrogen (secondary N) is 1. The first kappa shape index (κ1) is 12.9. The van der Waals surface area contributed by atoms with E-state index in [1.54, 1.807) is 0 Å². The maximum atomic E-state index is 11.4. The highest BCUT2D eigenvalue weighted by molar-refractivity contribution is 5.82. The van der Waals surface area contributed by atoms with Crippen LogP contribution in [0.5, 0.6) is 0 Å². The van der Waals surface area contributed by atoms with Crippen LogP contribution in [-0.2, 0) is 4.79 Å². The van der Waals surface area contributed by atoms with Gasteiger partial charge in [-0.3, -0.25) is 4.79 Å². The number of terminal acetylenes is 1. The van der Waals surface area contributed by atoms with Crippen LogP contribution in [0.2, 0.25) is 0 Å². The predicted molar refractivity (Wildman–Crippen MR) is 55.3 cm³/mol. The number of carbonyl (C=O) groups excluding carboxylic acids is 1. The Morgan fingerprint density at radius 3 is 2.71 bits per heavy atom. The molecular weight excluding hydrogens is 180 g/mol. The zero-order valence-electron chi connectivity index (χ0n) is 8.71. The molecule has 4 nitrogen and oxygen atoms in total. The highest BCUT2D eigenvalue weighted by Crippen LogP contribution is 2.07. The van der Waals surface area contributed by atoms with Crippen LogP contribution < -0.4 is 11.1 Å². The van der Waals surface area contributed by atoms with Gasteiger partial charge in [-0.15, -0.1) is 12.3 Å². The van der Waals surface area contributed by atoms with E-state index in [9.17, 15) is 4.79 Å². The molecule has 0 aliphatic heterocycles. The summed E-state index contributed by atoms with van der Waals surface area (Å²) >= 11 is 0. The molecule has 0 aliphatic carbocycles. The van der Waals surface area contributed by atoms with Gasteiger partial charge < -0.3 is 16.2 Å². The summed E-state index contributed by atoms with van der Waals surface area (Å²) in [4.78, 5) is 11.4. The van der Waals surface area contributed by atoms with Crippen LogP contribution in [-0.4, -0.2) is 29.2 Å². The van der Waals surface area contributed by atoms with Crippen LogP contribution in [0.25, 0.3) is 0 Å². The summed E-state index contributed by atoms with van der Waals surface area (Å²) < 4.78 is 0. The lowest BCUT2D eigenvalue weighted by Gasteiger charge is -2.26.